The molecule has 10 nitrogen and oxygen atoms in total. The van der Waals surface area contributed by atoms with Gasteiger partial charge < -0.3 is 31.7 Å². The molecule has 0 rings (SSSR count). The van der Waals surface area contributed by atoms with Gasteiger partial charge in [-0.1, -0.05) is 6.92 Å². The fourth-order valence-corrected chi connectivity index (χ4v) is 1.83. The number of aliphatic hydroxyl groups excluding tert-OH is 1. The van der Waals surface area contributed by atoms with Crippen LogP contribution in [-0.2, 0) is 19.2 Å². The number of carboxylic acids is 2. The highest BCUT2D eigenvalue weighted by molar-refractivity contribution is 7.80. The van der Waals surface area contributed by atoms with Crippen LogP contribution in [0.25, 0.3) is 0 Å². The molecule has 0 radical (unpaired) electrons. The minimum Gasteiger partial charge on any atom is -0.502 e. The lowest BCUT2D eigenvalue weighted by molar-refractivity contribution is -0.139. The van der Waals surface area contributed by atoms with Crippen LogP contribution >= 0.6 is 24.8 Å². The van der Waals surface area contributed by atoms with Crippen molar-refractivity contribution in [1.29, 1.82) is 0 Å². The number of hydrogen-bond donors (Lipinski definition) is 7. The largest absolute Gasteiger partial charge is 0.502 e. The molecular formula is C14H25N3O7S2. The topological polar surface area (TPSA) is 179 Å². The molecule has 0 aliphatic carbocycles. The van der Waals surface area contributed by atoms with Crippen molar-refractivity contribution >= 4 is 53.7 Å². The van der Waals surface area contributed by atoms with Crippen molar-refractivity contribution in [2.75, 3.05) is 12.3 Å². The highest BCUT2D eigenvalue weighted by Crippen LogP contribution is 1.97. The Balaban J connectivity index is 0. The van der Waals surface area contributed by atoms with Gasteiger partial charge in [0.05, 0.1) is 0 Å². The maximum atomic E-state index is 11.5. The Kier molecular flexibility index (Phi) is 15.5. The van der Waals surface area contributed by atoms with Gasteiger partial charge in [0.25, 0.3) is 0 Å². The number of aliphatic hydroxyl groups is 1. The minimum atomic E-state index is -1.22. The van der Waals surface area contributed by atoms with E-state index in [4.69, 9.17) is 21.1 Å². The summed E-state index contributed by atoms with van der Waals surface area (Å²) < 4.78 is 0. The van der Waals surface area contributed by atoms with Crippen LogP contribution < -0.4 is 16.4 Å². The molecule has 150 valence electrons. The summed E-state index contributed by atoms with van der Waals surface area (Å²) in [6.07, 6.45) is 1.37. The Morgan fingerprint density at radius 2 is 1.73 bits per heavy atom. The van der Waals surface area contributed by atoms with Crippen LogP contribution in [0.3, 0.4) is 0 Å². The van der Waals surface area contributed by atoms with Gasteiger partial charge >= 0.3 is 11.9 Å². The van der Waals surface area contributed by atoms with Crippen LogP contribution in [0.1, 0.15) is 32.6 Å². The van der Waals surface area contributed by atoms with Crippen LogP contribution in [0.4, 0.5) is 0 Å². The van der Waals surface area contributed by atoms with Crippen LogP contribution in [0.5, 0.6) is 0 Å². The number of thiocarbonyl (C=S) groups is 1. The minimum absolute atomic E-state index is 0.0256. The van der Waals surface area contributed by atoms with Crippen LogP contribution in [0.2, 0.25) is 0 Å². The predicted octanol–water partition coefficient (Wildman–Crippen LogP) is -0.534. The number of carboxylic acid groups (broad SMARTS) is 2. The maximum Gasteiger partial charge on any atom is 0.322 e. The van der Waals surface area contributed by atoms with E-state index in [1.54, 1.807) is 0 Å². The molecule has 0 heterocycles. The lowest BCUT2D eigenvalue weighted by Gasteiger charge is -2.16. The van der Waals surface area contributed by atoms with Gasteiger partial charge in [-0.3, -0.25) is 19.2 Å². The van der Waals surface area contributed by atoms with E-state index >= 15 is 0 Å². The van der Waals surface area contributed by atoms with Crippen LogP contribution in [-0.4, -0.2) is 68.5 Å². The van der Waals surface area contributed by atoms with E-state index in [-0.39, 0.29) is 23.6 Å². The summed E-state index contributed by atoms with van der Waals surface area (Å²) in [5, 5.41) is 29.8. The number of amides is 2. The highest BCUT2D eigenvalue weighted by atomic mass is 32.1. The van der Waals surface area contributed by atoms with Crippen LogP contribution in [0.15, 0.2) is 0 Å². The molecule has 0 saturated heterocycles. The molecule has 2 amide bonds. The zero-order chi connectivity index (χ0) is 20.7. The molecule has 0 aromatic heterocycles. The monoisotopic (exact) mass is 411 g/mol. The smallest absolute Gasteiger partial charge is 0.322 e. The molecule has 0 saturated carbocycles. The summed E-state index contributed by atoms with van der Waals surface area (Å²) in [4.78, 5) is 43.7. The van der Waals surface area contributed by atoms with E-state index in [2.05, 4.69) is 35.5 Å². The summed E-state index contributed by atoms with van der Waals surface area (Å²) in [6.45, 7) is 1.41. The molecule has 26 heavy (non-hydrogen) atoms. The quantitative estimate of drug-likeness (QED) is 0.174. The number of rotatable bonds is 11. The third kappa shape index (κ3) is 15.6. The molecule has 12 heteroatoms. The van der Waals surface area contributed by atoms with Crippen molar-refractivity contribution in [2.45, 2.75) is 44.7 Å². The number of hydrogen-bond acceptors (Lipinski definition) is 7. The van der Waals surface area contributed by atoms with Gasteiger partial charge in [-0.2, -0.15) is 12.6 Å². The van der Waals surface area contributed by atoms with Gasteiger partial charge in [0.1, 0.15) is 18.6 Å². The van der Waals surface area contributed by atoms with Gasteiger partial charge in [0, 0.05) is 18.6 Å². The SMILES string of the molecule is CCCC(O)=S.NC(CCC(=O)NC(CS)C(=O)NCC(=O)O)C(=O)O. The third-order valence-corrected chi connectivity index (χ3v) is 3.28. The molecule has 0 bridgehead atoms. The summed E-state index contributed by atoms with van der Waals surface area (Å²) in [6, 6.07) is -2.15. The summed E-state index contributed by atoms with van der Waals surface area (Å²) in [5.41, 5.74) is 5.23. The molecule has 0 fully saturated rings. The van der Waals surface area contributed by atoms with E-state index in [1.165, 1.54) is 0 Å². The number of thiol groups is 1. The second-order valence-corrected chi connectivity index (χ2v) is 5.88. The first kappa shape index (κ1) is 26.3. The van der Waals surface area contributed by atoms with Crippen molar-refractivity contribution in [3.8, 4) is 0 Å². The molecule has 0 aromatic rings. The molecule has 2 unspecified atom stereocenters. The van der Waals surface area contributed by atoms with Gasteiger partial charge in [-0.05, 0) is 25.1 Å². The van der Waals surface area contributed by atoms with E-state index in [1.807, 2.05) is 6.92 Å². The van der Waals surface area contributed by atoms with Crippen molar-refractivity contribution in [3.05, 3.63) is 0 Å². The molecule has 0 aliphatic heterocycles. The molecule has 7 N–H and O–H groups in total. The molecule has 0 spiro atoms. The third-order valence-electron chi connectivity index (χ3n) is 2.71. The zero-order valence-corrected chi connectivity index (χ0v) is 16.0. The second kappa shape index (κ2) is 15.3. The average Bonchev–Trinajstić information content (AvgIpc) is 2.55. The highest BCUT2D eigenvalue weighted by Gasteiger charge is 2.20. The van der Waals surface area contributed by atoms with E-state index in [0.717, 1.165) is 6.42 Å². The Labute approximate surface area is 161 Å². The Morgan fingerprint density at radius 3 is 2.08 bits per heavy atom. The number of carbonyl (C=O) groups is 4. The summed E-state index contributed by atoms with van der Waals surface area (Å²) in [5.74, 6) is -3.70. The molecule has 2 atom stereocenters. The number of nitrogens with one attached hydrogen (secondary N) is 2. The maximum absolute atomic E-state index is 11.5. The van der Waals surface area contributed by atoms with Gasteiger partial charge in [0.2, 0.25) is 11.8 Å². The first-order valence-electron chi connectivity index (χ1n) is 7.64. The van der Waals surface area contributed by atoms with Crippen LogP contribution in [0, 0.1) is 0 Å². The first-order valence-corrected chi connectivity index (χ1v) is 8.69. The fraction of sp³-hybridized carbons (Fsp3) is 0.643. The number of carbonyl (C=O) groups excluding carboxylic acids is 2. The van der Waals surface area contributed by atoms with E-state index < -0.39 is 42.4 Å². The number of aliphatic carboxylic acids is 2. The van der Waals surface area contributed by atoms with Gasteiger partial charge in [0.15, 0.2) is 5.05 Å². The molecule has 0 aliphatic rings. The normalized spacial score (nSPS) is 12.0. The predicted molar refractivity (Wildman–Crippen MR) is 101 cm³/mol. The van der Waals surface area contributed by atoms with Crippen molar-refractivity contribution in [1.82, 2.24) is 10.6 Å². The summed E-state index contributed by atoms with van der Waals surface area (Å²) >= 11 is 8.22. The summed E-state index contributed by atoms with van der Waals surface area (Å²) in [7, 11) is 0. The average molecular weight is 412 g/mol. The Morgan fingerprint density at radius 1 is 1.15 bits per heavy atom. The van der Waals surface area contributed by atoms with Crippen molar-refractivity contribution in [2.24, 2.45) is 5.73 Å². The lowest BCUT2D eigenvalue weighted by atomic mass is 10.1. The molecular weight excluding hydrogens is 386 g/mol. The van der Waals surface area contributed by atoms with Crippen molar-refractivity contribution in [3.63, 3.8) is 0 Å². The lowest BCUT2D eigenvalue weighted by Crippen LogP contribution is -2.49. The van der Waals surface area contributed by atoms with E-state index in [0.29, 0.717) is 6.42 Å². The Hall–Kier alpha value is -1.92. The Bertz CT molecular complexity index is 503. The fourth-order valence-electron chi connectivity index (χ4n) is 1.37. The zero-order valence-electron chi connectivity index (χ0n) is 14.3. The first-order chi connectivity index (χ1) is 12.0. The number of nitrogens with two attached hydrogens (primary N) is 1. The van der Waals surface area contributed by atoms with Crippen molar-refractivity contribution < 1.29 is 34.5 Å². The van der Waals surface area contributed by atoms with E-state index in [9.17, 15) is 19.2 Å². The standard InChI is InChI=1S/C10H17N3O6S.C4H8OS/c11-5(10(18)19)1-2-7(14)13-6(4-20)9(17)12-3-8(15)16;1-2-3-4(5)6/h5-6,20H,1-4,11H2,(H,12,17)(H,13,14)(H,15,16)(H,18,19);2-3H2,1H3,(H,5,6). The van der Waals surface area contributed by atoms with Gasteiger partial charge in [-0.25, -0.2) is 0 Å². The second-order valence-electron chi connectivity index (χ2n) is 5.04. The van der Waals surface area contributed by atoms with Gasteiger partial charge in [-0.15, -0.1) is 0 Å². The molecule has 0 aromatic carbocycles.